The number of ether oxygens (including phenoxy) is 1. The zero-order valence-electron chi connectivity index (χ0n) is 16.6. The number of rotatable bonds is 6. The summed E-state index contributed by atoms with van der Waals surface area (Å²) in [4.78, 5) is 30.6. The van der Waals surface area contributed by atoms with Crippen LogP contribution >= 0.6 is 0 Å². The Morgan fingerprint density at radius 1 is 0.889 bits per heavy atom. The van der Waals surface area contributed by atoms with E-state index in [1.54, 1.807) is 0 Å². The molecule has 0 bridgehead atoms. The van der Waals surface area contributed by atoms with Gasteiger partial charge in [-0.05, 0) is 49.9 Å². The minimum atomic E-state index is 0.129. The van der Waals surface area contributed by atoms with E-state index in [0.29, 0.717) is 32.7 Å². The van der Waals surface area contributed by atoms with Gasteiger partial charge in [0.25, 0.3) is 0 Å². The molecule has 0 aromatic heterocycles. The van der Waals surface area contributed by atoms with Crippen LogP contribution in [0.1, 0.15) is 30.4 Å². The molecule has 0 atom stereocenters. The van der Waals surface area contributed by atoms with Crippen molar-refractivity contribution in [2.45, 2.75) is 33.1 Å². The lowest BCUT2D eigenvalue weighted by molar-refractivity contribution is -0.135. The monoisotopic (exact) mass is 373 g/mol. The predicted molar refractivity (Wildman–Crippen MR) is 105 cm³/mol. The molecule has 2 heterocycles. The van der Waals surface area contributed by atoms with E-state index in [9.17, 15) is 9.59 Å². The number of amides is 2. The molecule has 0 saturated carbocycles. The van der Waals surface area contributed by atoms with E-state index in [4.69, 9.17) is 4.74 Å². The summed E-state index contributed by atoms with van der Waals surface area (Å²) in [5, 5.41) is 0. The second-order valence-electron chi connectivity index (χ2n) is 7.59. The van der Waals surface area contributed by atoms with Gasteiger partial charge in [0, 0.05) is 39.3 Å². The van der Waals surface area contributed by atoms with Crippen molar-refractivity contribution in [1.29, 1.82) is 0 Å². The Kier molecular flexibility index (Phi) is 6.72. The third kappa shape index (κ3) is 5.45. The van der Waals surface area contributed by atoms with Gasteiger partial charge in [-0.15, -0.1) is 0 Å². The maximum atomic E-state index is 12.4. The SMILES string of the molecule is Cc1ccc(OCCC(=O)N2CCN(CC(=O)N3CCCC3)CC2)cc1C. The summed E-state index contributed by atoms with van der Waals surface area (Å²) in [5.74, 6) is 1.18. The molecule has 0 spiro atoms. The molecule has 27 heavy (non-hydrogen) atoms. The zero-order valence-corrected chi connectivity index (χ0v) is 16.6. The molecule has 2 amide bonds. The molecule has 3 rings (SSSR count). The van der Waals surface area contributed by atoms with Gasteiger partial charge in [0.2, 0.25) is 11.8 Å². The lowest BCUT2D eigenvalue weighted by atomic mass is 10.1. The molecule has 1 aromatic rings. The van der Waals surface area contributed by atoms with E-state index in [0.717, 1.165) is 44.8 Å². The van der Waals surface area contributed by atoms with Crippen molar-refractivity contribution in [1.82, 2.24) is 14.7 Å². The molecule has 0 aliphatic carbocycles. The Bertz CT molecular complexity index is 663. The fourth-order valence-corrected chi connectivity index (χ4v) is 3.63. The number of nitrogens with zero attached hydrogens (tertiary/aromatic N) is 3. The minimum absolute atomic E-state index is 0.129. The maximum Gasteiger partial charge on any atom is 0.236 e. The standard InChI is InChI=1S/C21H31N3O3/c1-17-5-6-19(15-18(17)2)27-14-7-20(25)24-12-10-22(11-13-24)16-21(26)23-8-3-4-9-23/h5-6,15H,3-4,7-14,16H2,1-2H3. The lowest BCUT2D eigenvalue weighted by Crippen LogP contribution is -2.51. The third-order valence-corrected chi connectivity index (χ3v) is 5.61. The molecule has 2 fully saturated rings. The zero-order chi connectivity index (χ0) is 19.2. The van der Waals surface area contributed by atoms with Gasteiger partial charge in [0.05, 0.1) is 19.6 Å². The summed E-state index contributed by atoms with van der Waals surface area (Å²) < 4.78 is 5.73. The quantitative estimate of drug-likeness (QED) is 0.764. The Morgan fingerprint density at radius 3 is 2.22 bits per heavy atom. The topological polar surface area (TPSA) is 53.1 Å². The van der Waals surface area contributed by atoms with E-state index in [-0.39, 0.29) is 11.8 Å². The van der Waals surface area contributed by atoms with Gasteiger partial charge in [-0.3, -0.25) is 14.5 Å². The van der Waals surface area contributed by atoms with E-state index in [1.165, 1.54) is 11.1 Å². The predicted octanol–water partition coefficient (Wildman–Crippen LogP) is 1.84. The second-order valence-corrected chi connectivity index (χ2v) is 7.59. The van der Waals surface area contributed by atoms with Gasteiger partial charge < -0.3 is 14.5 Å². The molecule has 148 valence electrons. The minimum Gasteiger partial charge on any atom is -0.493 e. The van der Waals surface area contributed by atoms with Gasteiger partial charge in [-0.25, -0.2) is 0 Å². The van der Waals surface area contributed by atoms with Crippen molar-refractivity contribution in [3.05, 3.63) is 29.3 Å². The maximum absolute atomic E-state index is 12.4. The first kappa shape index (κ1) is 19.7. The summed E-state index contributed by atoms with van der Waals surface area (Å²) in [5.41, 5.74) is 2.43. The molecular weight excluding hydrogens is 342 g/mol. The smallest absolute Gasteiger partial charge is 0.236 e. The molecular formula is C21H31N3O3. The molecule has 2 aliphatic rings. The lowest BCUT2D eigenvalue weighted by Gasteiger charge is -2.35. The van der Waals surface area contributed by atoms with Gasteiger partial charge in [-0.2, -0.15) is 0 Å². The number of piperazine rings is 1. The van der Waals surface area contributed by atoms with Crippen molar-refractivity contribution in [2.75, 3.05) is 52.4 Å². The first-order chi connectivity index (χ1) is 13.0. The average molecular weight is 373 g/mol. The highest BCUT2D eigenvalue weighted by Gasteiger charge is 2.25. The van der Waals surface area contributed by atoms with Gasteiger partial charge in [-0.1, -0.05) is 6.07 Å². The van der Waals surface area contributed by atoms with Crippen molar-refractivity contribution < 1.29 is 14.3 Å². The molecule has 0 N–H and O–H groups in total. The summed E-state index contributed by atoms with van der Waals surface area (Å²) in [6, 6.07) is 5.99. The van der Waals surface area contributed by atoms with E-state index < -0.39 is 0 Å². The number of likely N-dealkylation sites (tertiary alicyclic amines) is 1. The molecule has 2 saturated heterocycles. The summed E-state index contributed by atoms with van der Waals surface area (Å²) in [6.45, 7) is 9.73. The van der Waals surface area contributed by atoms with Crippen LogP contribution in [0.25, 0.3) is 0 Å². The highest BCUT2D eigenvalue weighted by atomic mass is 16.5. The van der Waals surface area contributed by atoms with Crippen LogP contribution in [0.3, 0.4) is 0 Å². The first-order valence-corrected chi connectivity index (χ1v) is 10.0. The van der Waals surface area contributed by atoms with Crippen molar-refractivity contribution in [2.24, 2.45) is 0 Å². The Labute approximate surface area is 162 Å². The van der Waals surface area contributed by atoms with E-state index in [2.05, 4.69) is 18.7 Å². The summed E-state index contributed by atoms with van der Waals surface area (Å²) in [7, 11) is 0. The van der Waals surface area contributed by atoms with Crippen LogP contribution in [-0.2, 0) is 9.59 Å². The van der Waals surface area contributed by atoms with E-state index >= 15 is 0 Å². The van der Waals surface area contributed by atoms with Crippen LogP contribution in [0.5, 0.6) is 5.75 Å². The average Bonchev–Trinajstić information content (AvgIpc) is 3.20. The van der Waals surface area contributed by atoms with Gasteiger partial charge >= 0.3 is 0 Å². The highest BCUT2D eigenvalue weighted by Crippen LogP contribution is 2.17. The summed E-state index contributed by atoms with van der Waals surface area (Å²) in [6.07, 6.45) is 2.64. The molecule has 0 radical (unpaired) electrons. The first-order valence-electron chi connectivity index (χ1n) is 10.0. The van der Waals surface area contributed by atoms with Crippen LogP contribution < -0.4 is 4.74 Å². The number of hydrogen-bond acceptors (Lipinski definition) is 4. The van der Waals surface area contributed by atoms with Crippen LogP contribution in [0.4, 0.5) is 0 Å². The fraction of sp³-hybridized carbons (Fsp3) is 0.619. The second kappa shape index (κ2) is 9.22. The number of benzene rings is 1. The third-order valence-electron chi connectivity index (χ3n) is 5.61. The molecule has 2 aliphatic heterocycles. The van der Waals surface area contributed by atoms with Gasteiger partial charge in [0.1, 0.15) is 5.75 Å². The normalized spacial score (nSPS) is 18.0. The number of carbonyl (C=O) groups is 2. The van der Waals surface area contributed by atoms with Crippen LogP contribution in [0.2, 0.25) is 0 Å². The Balaban J connectivity index is 1.35. The van der Waals surface area contributed by atoms with Crippen LogP contribution in [-0.4, -0.2) is 78.9 Å². The van der Waals surface area contributed by atoms with Crippen LogP contribution in [0, 0.1) is 13.8 Å². The largest absolute Gasteiger partial charge is 0.493 e. The van der Waals surface area contributed by atoms with Crippen molar-refractivity contribution in [3.63, 3.8) is 0 Å². The molecule has 6 heteroatoms. The Hall–Kier alpha value is -2.08. The number of aryl methyl sites for hydroxylation is 2. The fourth-order valence-electron chi connectivity index (χ4n) is 3.63. The highest BCUT2D eigenvalue weighted by molar-refractivity contribution is 5.79. The summed E-state index contributed by atoms with van der Waals surface area (Å²) >= 11 is 0. The van der Waals surface area contributed by atoms with Crippen molar-refractivity contribution in [3.8, 4) is 5.75 Å². The molecule has 1 aromatic carbocycles. The van der Waals surface area contributed by atoms with E-state index in [1.807, 2.05) is 28.0 Å². The van der Waals surface area contributed by atoms with Crippen LogP contribution in [0.15, 0.2) is 18.2 Å². The van der Waals surface area contributed by atoms with Gasteiger partial charge in [0.15, 0.2) is 0 Å². The number of hydrogen-bond donors (Lipinski definition) is 0. The number of carbonyl (C=O) groups excluding carboxylic acids is 2. The molecule has 0 unspecified atom stereocenters. The molecule has 6 nitrogen and oxygen atoms in total. The Morgan fingerprint density at radius 2 is 1.56 bits per heavy atom. The van der Waals surface area contributed by atoms with Crippen molar-refractivity contribution >= 4 is 11.8 Å².